The number of benzene rings is 1. The topological polar surface area (TPSA) is 99.4 Å². The van der Waals surface area contributed by atoms with E-state index in [9.17, 15) is 14.7 Å². The molecule has 4 N–H and O–H groups in total. The summed E-state index contributed by atoms with van der Waals surface area (Å²) in [6.45, 7) is 1.02. The summed E-state index contributed by atoms with van der Waals surface area (Å²) in [7, 11) is 0. The lowest BCUT2D eigenvalue weighted by atomic mass is 9.85. The van der Waals surface area contributed by atoms with E-state index in [0.717, 1.165) is 0 Å². The van der Waals surface area contributed by atoms with Gasteiger partial charge in [-0.2, -0.15) is 0 Å². The van der Waals surface area contributed by atoms with E-state index in [2.05, 4.69) is 4.98 Å². The zero-order valence-corrected chi connectivity index (χ0v) is 16.5. The number of phenols is 1. The van der Waals surface area contributed by atoms with Gasteiger partial charge in [0.2, 0.25) is 0 Å². The van der Waals surface area contributed by atoms with Crippen LogP contribution in [0.15, 0.2) is 29.2 Å². The van der Waals surface area contributed by atoms with E-state index >= 15 is 0 Å². The third-order valence-corrected chi connectivity index (χ3v) is 5.87. The number of phenolic OH excluding ortho intramolecular Hbond substituents is 1. The second kappa shape index (κ2) is 8.10. The van der Waals surface area contributed by atoms with Crippen molar-refractivity contribution < 1.29 is 9.90 Å². The fourth-order valence-electron chi connectivity index (χ4n) is 3.30. The van der Waals surface area contributed by atoms with Crippen molar-refractivity contribution >= 4 is 40.7 Å². The maximum absolute atomic E-state index is 12.6. The van der Waals surface area contributed by atoms with Crippen molar-refractivity contribution in [1.29, 1.82) is 0 Å². The quantitative estimate of drug-likeness (QED) is 0.693. The first-order valence-corrected chi connectivity index (χ1v) is 9.52. The number of nitrogens with one attached hydrogen (secondary N) is 1. The van der Waals surface area contributed by atoms with Gasteiger partial charge in [-0.25, -0.2) is 0 Å². The fraction of sp³-hybridized carbons (Fsp3) is 0.333. The van der Waals surface area contributed by atoms with E-state index in [1.807, 2.05) is 0 Å². The highest BCUT2D eigenvalue weighted by Gasteiger charge is 2.29. The van der Waals surface area contributed by atoms with Crippen LogP contribution >= 0.6 is 34.8 Å². The molecule has 0 radical (unpaired) electrons. The van der Waals surface area contributed by atoms with Gasteiger partial charge in [0.05, 0.1) is 15.6 Å². The molecule has 1 atom stereocenters. The Bertz CT molecular complexity index is 924. The van der Waals surface area contributed by atoms with Crippen LogP contribution in [-0.4, -0.2) is 34.0 Å². The average Bonchev–Trinajstić information content (AvgIpc) is 2.66. The zero-order valence-electron chi connectivity index (χ0n) is 14.2. The molecule has 1 amide bonds. The lowest BCUT2D eigenvalue weighted by Crippen LogP contribution is -2.41. The van der Waals surface area contributed by atoms with Gasteiger partial charge >= 0.3 is 0 Å². The Balaban J connectivity index is 1.68. The van der Waals surface area contributed by atoms with E-state index in [-0.39, 0.29) is 27.6 Å². The minimum atomic E-state index is -0.431. The Morgan fingerprint density at radius 3 is 2.41 bits per heavy atom. The molecule has 2 heterocycles. The molecule has 0 unspecified atom stereocenters. The number of aromatic amines is 1. The second-order valence-electron chi connectivity index (χ2n) is 6.55. The Morgan fingerprint density at radius 2 is 1.78 bits per heavy atom. The van der Waals surface area contributed by atoms with Crippen molar-refractivity contribution in [3.63, 3.8) is 0 Å². The van der Waals surface area contributed by atoms with Gasteiger partial charge in [0.25, 0.3) is 11.5 Å². The molecular formula is C18H18Cl3N3O3. The molecule has 1 aliphatic rings. The van der Waals surface area contributed by atoms with Gasteiger partial charge in [0.15, 0.2) is 0 Å². The maximum Gasteiger partial charge on any atom is 0.266 e. The second-order valence-corrected chi connectivity index (χ2v) is 7.77. The lowest BCUT2D eigenvalue weighted by Gasteiger charge is -2.35. The summed E-state index contributed by atoms with van der Waals surface area (Å²) in [5.41, 5.74) is 6.79. The summed E-state index contributed by atoms with van der Waals surface area (Å²) >= 11 is 17.7. The van der Waals surface area contributed by atoms with Crippen LogP contribution in [-0.2, 0) is 0 Å². The Kier molecular flexibility index (Phi) is 6.01. The molecule has 1 aromatic carbocycles. The number of H-pyrrole nitrogens is 1. The number of amides is 1. The molecule has 144 valence electrons. The number of rotatable bonds is 3. The predicted molar refractivity (Wildman–Crippen MR) is 106 cm³/mol. The highest BCUT2D eigenvalue weighted by atomic mass is 35.5. The summed E-state index contributed by atoms with van der Waals surface area (Å²) in [5.74, 6) is -0.104. The maximum atomic E-state index is 12.6. The van der Waals surface area contributed by atoms with Crippen molar-refractivity contribution in [2.75, 3.05) is 13.1 Å². The van der Waals surface area contributed by atoms with Gasteiger partial charge < -0.3 is 20.7 Å². The highest BCUT2D eigenvalue weighted by Crippen LogP contribution is 2.37. The molecular weight excluding hydrogens is 413 g/mol. The van der Waals surface area contributed by atoms with Crippen LogP contribution in [0.4, 0.5) is 0 Å². The van der Waals surface area contributed by atoms with Gasteiger partial charge in [0, 0.05) is 37.0 Å². The standard InChI is InChI=1S/C18H18Cl3N3O3/c19-12-6-11(15(25)7-13(12)20)16(22)9-1-3-24(4-2-9)18(27)10-5-14(21)17(26)23-8-10/h5-9,16,25H,1-4,22H2,(H,23,26)/t16-/m1/s1. The number of nitrogens with zero attached hydrogens (tertiary/aromatic N) is 1. The Labute approximate surface area is 170 Å². The van der Waals surface area contributed by atoms with Gasteiger partial charge in [-0.15, -0.1) is 0 Å². The zero-order chi connectivity index (χ0) is 19.7. The fourth-order valence-corrected chi connectivity index (χ4v) is 3.80. The number of piperidine rings is 1. The monoisotopic (exact) mass is 429 g/mol. The summed E-state index contributed by atoms with van der Waals surface area (Å²) in [4.78, 5) is 28.1. The molecule has 0 bridgehead atoms. The summed E-state index contributed by atoms with van der Waals surface area (Å²) in [6.07, 6.45) is 2.70. The first-order chi connectivity index (χ1) is 12.8. The number of hydrogen-bond donors (Lipinski definition) is 3. The molecule has 0 aliphatic carbocycles. The average molecular weight is 431 g/mol. The third-order valence-electron chi connectivity index (χ3n) is 4.87. The number of carbonyl (C=O) groups is 1. The number of carbonyl (C=O) groups excluding carboxylic acids is 1. The normalized spacial score (nSPS) is 16.4. The van der Waals surface area contributed by atoms with Crippen LogP contribution in [0.1, 0.15) is 34.8 Å². The summed E-state index contributed by atoms with van der Waals surface area (Å²) in [6, 6.07) is 3.93. The smallest absolute Gasteiger partial charge is 0.266 e. The molecule has 27 heavy (non-hydrogen) atoms. The largest absolute Gasteiger partial charge is 0.508 e. The lowest BCUT2D eigenvalue weighted by molar-refractivity contribution is 0.0677. The summed E-state index contributed by atoms with van der Waals surface area (Å²) in [5, 5.41) is 10.7. The van der Waals surface area contributed by atoms with E-state index in [4.69, 9.17) is 40.5 Å². The molecule has 3 rings (SSSR count). The van der Waals surface area contributed by atoms with Crippen LogP contribution in [0, 0.1) is 5.92 Å². The molecule has 1 aromatic heterocycles. The highest BCUT2D eigenvalue weighted by molar-refractivity contribution is 6.42. The minimum Gasteiger partial charge on any atom is -0.508 e. The molecule has 1 fully saturated rings. The van der Waals surface area contributed by atoms with Crippen molar-refractivity contribution in [3.8, 4) is 5.75 Å². The van der Waals surface area contributed by atoms with Crippen LogP contribution in [0.2, 0.25) is 15.1 Å². The number of aromatic nitrogens is 1. The Hall–Kier alpha value is -1.73. The first-order valence-electron chi connectivity index (χ1n) is 8.39. The number of nitrogens with two attached hydrogens (primary N) is 1. The van der Waals surface area contributed by atoms with Crippen LogP contribution in [0.25, 0.3) is 0 Å². The molecule has 0 saturated carbocycles. The Morgan fingerprint density at radius 1 is 1.15 bits per heavy atom. The van der Waals surface area contributed by atoms with Crippen molar-refractivity contribution in [1.82, 2.24) is 9.88 Å². The SMILES string of the molecule is N[C@@H](c1cc(Cl)c(Cl)cc1O)C1CCN(C(=O)c2c[nH]c(=O)c(Cl)c2)CC1. The van der Waals surface area contributed by atoms with E-state index in [0.29, 0.717) is 42.1 Å². The van der Waals surface area contributed by atoms with Crippen molar-refractivity contribution in [2.24, 2.45) is 11.7 Å². The molecule has 0 spiro atoms. The predicted octanol–water partition coefficient (Wildman–Crippen LogP) is 3.59. The van der Waals surface area contributed by atoms with Gasteiger partial charge in [-0.3, -0.25) is 9.59 Å². The number of halogens is 3. The number of likely N-dealkylation sites (tertiary alicyclic amines) is 1. The summed E-state index contributed by atoms with van der Waals surface area (Å²) < 4.78 is 0. The molecule has 1 saturated heterocycles. The van der Waals surface area contributed by atoms with E-state index in [1.54, 1.807) is 11.0 Å². The van der Waals surface area contributed by atoms with Gasteiger partial charge in [-0.1, -0.05) is 34.8 Å². The van der Waals surface area contributed by atoms with E-state index in [1.165, 1.54) is 18.3 Å². The van der Waals surface area contributed by atoms with E-state index < -0.39 is 11.6 Å². The third kappa shape index (κ3) is 4.24. The van der Waals surface area contributed by atoms with Crippen molar-refractivity contribution in [2.45, 2.75) is 18.9 Å². The number of hydrogen-bond acceptors (Lipinski definition) is 4. The van der Waals surface area contributed by atoms with Crippen LogP contribution in [0.5, 0.6) is 5.75 Å². The van der Waals surface area contributed by atoms with Crippen molar-refractivity contribution in [3.05, 3.63) is 60.9 Å². The molecule has 9 heteroatoms. The molecule has 6 nitrogen and oxygen atoms in total. The van der Waals surface area contributed by atoms with Crippen LogP contribution < -0.4 is 11.3 Å². The van der Waals surface area contributed by atoms with Gasteiger partial charge in [0.1, 0.15) is 10.8 Å². The number of pyridine rings is 1. The minimum absolute atomic E-state index is 0.0123. The first kappa shape index (κ1) is 20.0. The van der Waals surface area contributed by atoms with Crippen LogP contribution in [0.3, 0.4) is 0 Å². The molecule has 2 aromatic rings. The molecule has 1 aliphatic heterocycles. The number of aromatic hydroxyl groups is 1. The van der Waals surface area contributed by atoms with Gasteiger partial charge in [-0.05, 0) is 30.9 Å².